The fourth-order valence-corrected chi connectivity index (χ4v) is 2.60. The normalized spacial score (nSPS) is 9.89. The summed E-state index contributed by atoms with van der Waals surface area (Å²) in [5.74, 6) is 0.802. The van der Waals surface area contributed by atoms with Crippen molar-refractivity contribution in [2.24, 2.45) is 0 Å². The maximum atomic E-state index is 10.8. The lowest BCUT2D eigenvalue weighted by atomic mass is 10.0. The summed E-state index contributed by atoms with van der Waals surface area (Å²) < 4.78 is 5.86. The SMILES string of the molecule is CCCCCCO.CCCCOc1cccc(NC=O)c1-c1ccccc1. The molecule has 0 saturated heterocycles. The van der Waals surface area contributed by atoms with Gasteiger partial charge < -0.3 is 15.2 Å². The molecule has 0 aromatic heterocycles. The van der Waals surface area contributed by atoms with E-state index in [0.29, 0.717) is 19.6 Å². The minimum Gasteiger partial charge on any atom is -0.493 e. The first-order valence-corrected chi connectivity index (χ1v) is 9.90. The summed E-state index contributed by atoms with van der Waals surface area (Å²) in [7, 11) is 0. The summed E-state index contributed by atoms with van der Waals surface area (Å²) in [6.45, 7) is 5.34. The van der Waals surface area contributed by atoms with Gasteiger partial charge in [0.2, 0.25) is 6.41 Å². The Morgan fingerprint density at radius 1 is 0.926 bits per heavy atom. The number of carbonyl (C=O) groups is 1. The van der Waals surface area contributed by atoms with Gasteiger partial charge in [0.25, 0.3) is 0 Å². The number of aliphatic hydroxyl groups excluding tert-OH is 1. The molecule has 0 spiro atoms. The lowest BCUT2D eigenvalue weighted by Gasteiger charge is -2.15. The molecule has 4 heteroatoms. The number of hydrogen-bond acceptors (Lipinski definition) is 3. The minimum atomic E-state index is 0.361. The Hall–Kier alpha value is -2.33. The van der Waals surface area contributed by atoms with E-state index in [1.807, 2.05) is 48.5 Å². The number of unbranched alkanes of at least 4 members (excludes halogenated alkanes) is 4. The second-order valence-corrected chi connectivity index (χ2v) is 6.29. The van der Waals surface area contributed by atoms with Crippen LogP contribution in [0.5, 0.6) is 5.75 Å². The molecule has 27 heavy (non-hydrogen) atoms. The standard InChI is InChI=1S/C17H19NO2.C6H14O/c1-2-3-12-20-16-11-7-10-15(18-13-19)17(16)14-8-5-4-6-9-14;1-2-3-4-5-6-7/h4-11,13H,2-3,12H2,1H3,(H,18,19);7H,2-6H2,1H3. The predicted molar refractivity (Wildman–Crippen MR) is 113 cm³/mol. The van der Waals surface area contributed by atoms with Crippen LogP contribution in [0.4, 0.5) is 5.69 Å². The molecule has 0 saturated carbocycles. The number of amides is 1. The van der Waals surface area contributed by atoms with Gasteiger partial charge in [0.15, 0.2) is 0 Å². The predicted octanol–water partition coefficient (Wildman–Crippen LogP) is 5.66. The van der Waals surface area contributed by atoms with Crippen LogP contribution in [0.2, 0.25) is 0 Å². The van der Waals surface area contributed by atoms with Crippen LogP contribution in [0.3, 0.4) is 0 Å². The highest BCUT2D eigenvalue weighted by Crippen LogP contribution is 2.36. The molecule has 0 unspecified atom stereocenters. The van der Waals surface area contributed by atoms with Crippen LogP contribution in [0.15, 0.2) is 48.5 Å². The average Bonchev–Trinajstić information content (AvgIpc) is 2.70. The number of rotatable bonds is 11. The smallest absolute Gasteiger partial charge is 0.211 e. The second kappa shape index (κ2) is 14.8. The van der Waals surface area contributed by atoms with Gasteiger partial charge >= 0.3 is 0 Å². The minimum absolute atomic E-state index is 0.361. The molecule has 4 nitrogen and oxygen atoms in total. The van der Waals surface area contributed by atoms with Crippen LogP contribution >= 0.6 is 0 Å². The third-order valence-corrected chi connectivity index (χ3v) is 4.07. The van der Waals surface area contributed by atoms with Crippen LogP contribution in [0.25, 0.3) is 11.1 Å². The third-order valence-electron chi connectivity index (χ3n) is 4.07. The van der Waals surface area contributed by atoms with E-state index in [-0.39, 0.29) is 0 Å². The molecular formula is C23H33NO3. The Balaban J connectivity index is 0.000000445. The van der Waals surface area contributed by atoms with E-state index in [1.165, 1.54) is 19.3 Å². The van der Waals surface area contributed by atoms with E-state index in [0.717, 1.165) is 41.8 Å². The molecule has 2 aromatic rings. The summed E-state index contributed by atoms with van der Waals surface area (Å²) >= 11 is 0. The van der Waals surface area contributed by atoms with Crippen molar-refractivity contribution in [3.63, 3.8) is 0 Å². The fraction of sp³-hybridized carbons (Fsp3) is 0.435. The van der Waals surface area contributed by atoms with Crippen LogP contribution in [0, 0.1) is 0 Å². The zero-order valence-corrected chi connectivity index (χ0v) is 16.6. The van der Waals surface area contributed by atoms with Crippen molar-refractivity contribution in [1.29, 1.82) is 0 Å². The lowest BCUT2D eigenvalue weighted by Crippen LogP contribution is -2.02. The van der Waals surface area contributed by atoms with Crippen molar-refractivity contribution in [2.45, 2.75) is 52.4 Å². The number of ether oxygens (including phenoxy) is 1. The Morgan fingerprint density at radius 3 is 2.30 bits per heavy atom. The van der Waals surface area contributed by atoms with Gasteiger partial charge in [-0.2, -0.15) is 0 Å². The van der Waals surface area contributed by atoms with Crippen molar-refractivity contribution in [2.75, 3.05) is 18.5 Å². The highest BCUT2D eigenvalue weighted by Gasteiger charge is 2.11. The van der Waals surface area contributed by atoms with Gasteiger partial charge in [0, 0.05) is 12.2 Å². The van der Waals surface area contributed by atoms with Gasteiger partial charge in [-0.1, -0.05) is 75.9 Å². The molecule has 0 atom stereocenters. The second-order valence-electron chi connectivity index (χ2n) is 6.29. The van der Waals surface area contributed by atoms with Crippen LogP contribution in [0.1, 0.15) is 52.4 Å². The first-order valence-electron chi connectivity index (χ1n) is 9.90. The number of nitrogens with one attached hydrogen (secondary N) is 1. The van der Waals surface area contributed by atoms with E-state index >= 15 is 0 Å². The Kier molecular flexibility index (Phi) is 12.4. The number of hydrogen-bond donors (Lipinski definition) is 2. The Labute approximate surface area is 163 Å². The van der Waals surface area contributed by atoms with Gasteiger partial charge in [-0.05, 0) is 30.5 Å². The van der Waals surface area contributed by atoms with Crippen LogP contribution in [-0.2, 0) is 4.79 Å². The molecule has 1 amide bonds. The Bertz CT molecular complexity index is 625. The van der Waals surface area contributed by atoms with E-state index < -0.39 is 0 Å². The molecule has 0 aliphatic heterocycles. The monoisotopic (exact) mass is 371 g/mol. The first-order chi connectivity index (χ1) is 13.3. The highest BCUT2D eigenvalue weighted by atomic mass is 16.5. The van der Waals surface area contributed by atoms with Crippen LogP contribution < -0.4 is 10.1 Å². The summed E-state index contributed by atoms with van der Waals surface area (Å²) in [4.78, 5) is 10.8. The third kappa shape index (κ3) is 8.74. The van der Waals surface area contributed by atoms with E-state index in [2.05, 4.69) is 19.2 Å². The summed E-state index contributed by atoms with van der Waals surface area (Å²) in [6.07, 6.45) is 7.48. The number of carbonyl (C=O) groups excluding carboxylic acids is 1. The van der Waals surface area contributed by atoms with Crippen LogP contribution in [-0.4, -0.2) is 24.7 Å². The van der Waals surface area contributed by atoms with Crippen molar-refractivity contribution in [3.8, 4) is 16.9 Å². The van der Waals surface area contributed by atoms with Crippen molar-refractivity contribution in [1.82, 2.24) is 0 Å². The van der Waals surface area contributed by atoms with Gasteiger partial charge in [-0.15, -0.1) is 0 Å². The molecule has 2 rings (SSSR count). The fourth-order valence-electron chi connectivity index (χ4n) is 2.60. The first kappa shape index (κ1) is 22.7. The molecule has 2 aromatic carbocycles. The highest BCUT2D eigenvalue weighted by molar-refractivity contribution is 5.88. The molecular weight excluding hydrogens is 338 g/mol. The van der Waals surface area contributed by atoms with E-state index in [1.54, 1.807) is 0 Å². The van der Waals surface area contributed by atoms with Gasteiger partial charge in [0.1, 0.15) is 5.75 Å². The summed E-state index contributed by atoms with van der Waals surface area (Å²) in [5.41, 5.74) is 2.72. The zero-order chi connectivity index (χ0) is 19.7. The van der Waals surface area contributed by atoms with E-state index in [9.17, 15) is 4.79 Å². The lowest BCUT2D eigenvalue weighted by molar-refractivity contribution is -0.105. The molecule has 0 heterocycles. The average molecular weight is 372 g/mol. The molecule has 0 bridgehead atoms. The number of aliphatic hydroxyl groups is 1. The largest absolute Gasteiger partial charge is 0.493 e. The number of anilines is 1. The molecule has 148 valence electrons. The quantitative estimate of drug-likeness (QED) is 0.396. The maximum Gasteiger partial charge on any atom is 0.211 e. The topological polar surface area (TPSA) is 58.6 Å². The summed E-state index contributed by atoms with van der Waals surface area (Å²) in [5, 5.41) is 11.0. The van der Waals surface area contributed by atoms with Gasteiger partial charge in [0.05, 0.1) is 12.3 Å². The molecule has 2 N–H and O–H groups in total. The van der Waals surface area contributed by atoms with Gasteiger partial charge in [-0.25, -0.2) is 0 Å². The molecule has 0 aliphatic rings. The molecule has 0 radical (unpaired) electrons. The molecule has 0 fully saturated rings. The van der Waals surface area contributed by atoms with Crippen molar-refractivity contribution < 1.29 is 14.6 Å². The Morgan fingerprint density at radius 2 is 1.67 bits per heavy atom. The van der Waals surface area contributed by atoms with E-state index in [4.69, 9.17) is 9.84 Å². The zero-order valence-electron chi connectivity index (χ0n) is 16.6. The number of benzene rings is 2. The summed E-state index contributed by atoms with van der Waals surface area (Å²) in [6, 6.07) is 15.6. The van der Waals surface area contributed by atoms with Crippen molar-refractivity contribution >= 4 is 12.1 Å². The molecule has 0 aliphatic carbocycles. The van der Waals surface area contributed by atoms with Gasteiger partial charge in [-0.3, -0.25) is 4.79 Å². The van der Waals surface area contributed by atoms with Crippen molar-refractivity contribution in [3.05, 3.63) is 48.5 Å². The maximum absolute atomic E-state index is 10.8.